The highest BCUT2D eigenvalue weighted by Gasteiger charge is 2.11. The molecule has 0 saturated carbocycles. The van der Waals surface area contributed by atoms with E-state index in [0.717, 1.165) is 5.75 Å². The van der Waals surface area contributed by atoms with Crippen LogP contribution in [0, 0.1) is 0 Å². The number of carbonyl (C=O) groups is 1. The number of hydrogen-bond acceptors (Lipinski definition) is 4. The van der Waals surface area contributed by atoms with Crippen LogP contribution in [0.3, 0.4) is 0 Å². The molecule has 3 N–H and O–H groups in total. The van der Waals surface area contributed by atoms with Crippen molar-refractivity contribution in [2.24, 2.45) is 0 Å². The Morgan fingerprint density at radius 3 is 2.76 bits per heavy atom. The molecule has 0 bridgehead atoms. The van der Waals surface area contributed by atoms with Gasteiger partial charge < -0.3 is 15.8 Å². The normalized spacial score (nSPS) is 10.1. The van der Waals surface area contributed by atoms with E-state index < -0.39 is 0 Å². The fourth-order valence-corrected chi connectivity index (χ4v) is 1.87. The lowest BCUT2D eigenvalue weighted by atomic mass is 10.3. The molecule has 1 amide bonds. The minimum Gasteiger partial charge on any atom is -0.494 e. The maximum absolute atomic E-state index is 11.9. The number of nitrogens with two attached hydrogens (primary N) is 1. The molecule has 0 saturated heterocycles. The Morgan fingerprint density at radius 2 is 2.00 bits per heavy atom. The van der Waals surface area contributed by atoms with E-state index in [9.17, 15) is 4.79 Å². The summed E-state index contributed by atoms with van der Waals surface area (Å²) in [6, 6.07) is 12.6. The number of nitrogens with one attached hydrogen (secondary N) is 1. The first kappa shape index (κ1) is 15.1. The number of ether oxygens (including phenoxy) is 1. The van der Waals surface area contributed by atoms with Gasteiger partial charge in [0.25, 0.3) is 5.91 Å². The van der Waals surface area contributed by atoms with Gasteiger partial charge in [-0.05, 0) is 30.7 Å². The van der Waals surface area contributed by atoms with Crippen LogP contribution in [0.25, 0.3) is 0 Å². The Morgan fingerprint density at radius 1 is 1.24 bits per heavy atom. The summed E-state index contributed by atoms with van der Waals surface area (Å²) in [5, 5.41) is 3.01. The topological polar surface area (TPSA) is 77.2 Å². The molecule has 1 aromatic heterocycles. The van der Waals surface area contributed by atoms with Crippen LogP contribution in [0.4, 0.5) is 5.82 Å². The molecule has 6 heteroatoms. The molecule has 2 aromatic rings. The van der Waals surface area contributed by atoms with Crippen LogP contribution in [0.2, 0.25) is 5.02 Å². The van der Waals surface area contributed by atoms with Crippen LogP contribution in [-0.2, 0) is 0 Å². The van der Waals surface area contributed by atoms with E-state index in [1.54, 1.807) is 12.1 Å². The standard InChI is InChI=1S/C15H16ClN3O2/c16-12-7-8-13(17)19-14(12)15(20)18-9-4-10-21-11-5-2-1-3-6-11/h1-3,5-8H,4,9-10H2,(H2,17,19)(H,18,20). The Labute approximate surface area is 128 Å². The molecule has 2 rings (SSSR count). The average Bonchev–Trinajstić information content (AvgIpc) is 2.50. The number of nitrogen functional groups attached to an aromatic ring is 1. The third-order valence-electron chi connectivity index (χ3n) is 2.70. The lowest BCUT2D eigenvalue weighted by molar-refractivity contribution is 0.0947. The highest BCUT2D eigenvalue weighted by Crippen LogP contribution is 2.14. The minimum absolute atomic E-state index is 0.139. The molecular formula is C15H16ClN3O2. The molecule has 0 aliphatic heterocycles. The Bertz CT molecular complexity index is 605. The van der Waals surface area contributed by atoms with Gasteiger partial charge in [-0.25, -0.2) is 4.98 Å². The van der Waals surface area contributed by atoms with E-state index in [0.29, 0.717) is 19.6 Å². The molecule has 0 aliphatic rings. The lowest BCUT2D eigenvalue weighted by Gasteiger charge is -2.08. The predicted octanol–water partition coefficient (Wildman–Crippen LogP) is 2.52. The maximum atomic E-state index is 11.9. The van der Waals surface area contributed by atoms with Crippen LogP contribution in [0.5, 0.6) is 5.75 Å². The van der Waals surface area contributed by atoms with E-state index in [1.165, 1.54) is 0 Å². The number of carbonyl (C=O) groups excluding carboxylic acids is 1. The Kier molecular flexibility index (Phi) is 5.40. The Balaban J connectivity index is 1.73. The molecule has 21 heavy (non-hydrogen) atoms. The smallest absolute Gasteiger partial charge is 0.271 e. The Hall–Kier alpha value is -2.27. The number of anilines is 1. The summed E-state index contributed by atoms with van der Waals surface area (Å²) in [6.07, 6.45) is 0.681. The number of rotatable bonds is 6. The summed E-state index contributed by atoms with van der Waals surface area (Å²) in [5.74, 6) is 0.730. The third-order valence-corrected chi connectivity index (χ3v) is 3.01. The number of aromatic nitrogens is 1. The van der Waals surface area contributed by atoms with Crippen molar-refractivity contribution in [2.75, 3.05) is 18.9 Å². The van der Waals surface area contributed by atoms with Crippen molar-refractivity contribution >= 4 is 23.3 Å². The molecule has 1 aromatic carbocycles. The molecule has 0 radical (unpaired) electrons. The summed E-state index contributed by atoms with van der Waals surface area (Å²) in [5.41, 5.74) is 5.68. The second-order valence-electron chi connectivity index (χ2n) is 4.34. The van der Waals surface area contributed by atoms with Crippen LogP contribution in [0.15, 0.2) is 42.5 Å². The molecule has 0 spiro atoms. The number of pyridine rings is 1. The highest BCUT2D eigenvalue weighted by atomic mass is 35.5. The number of hydrogen-bond donors (Lipinski definition) is 2. The molecule has 110 valence electrons. The second-order valence-corrected chi connectivity index (χ2v) is 4.74. The zero-order valence-electron chi connectivity index (χ0n) is 11.4. The number of benzene rings is 1. The molecule has 1 heterocycles. The quantitative estimate of drug-likeness (QED) is 0.804. The fourth-order valence-electron chi connectivity index (χ4n) is 1.68. The molecular weight excluding hydrogens is 290 g/mol. The van der Waals surface area contributed by atoms with Crippen molar-refractivity contribution in [1.82, 2.24) is 10.3 Å². The van der Waals surface area contributed by atoms with Gasteiger partial charge >= 0.3 is 0 Å². The molecule has 0 unspecified atom stereocenters. The minimum atomic E-state index is -0.341. The van der Waals surface area contributed by atoms with Crippen molar-refractivity contribution in [3.63, 3.8) is 0 Å². The van der Waals surface area contributed by atoms with Crippen molar-refractivity contribution < 1.29 is 9.53 Å². The number of para-hydroxylation sites is 1. The lowest BCUT2D eigenvalue weighted by Crippen LogP contribution is -2.27. The van der Waals surface area contributed by atoms with Gasteiger partial charge in [0.2, 0.25) is 0 Å². The van der Waals surface area contributed by atoms with E-state index in [2.05, 4.69) is 10.3 Å². The predicted molar refractivity (Wildman–Crippen MR) is 82.5 cm³/mol. The van der Waals surface area contributed by atoms with Crippen molar-refractivity contribution in [2.45, 2.75) is 6.42 Å². The van der Waals surface area contributed by atoms with Crippen LogP contribution in [0.1, 0.15) is 16.9 Å². The van der Waals surface area contributed by atoms with Gasteiger partial charge in [0, 0.05) is 6.54 Å². The number of halogens is 1. The van der Waals surface area contributed by atoms with Gasteiger partial charge in [-0.15, -0.1) is 0 Å². The second kappa shape index (κ2) is 7.50. The summed E-state index contributed by atoms with van der Waals surface area (Å²) in [6.45, 7) is 0.987. The van der Waals surface area contributed by atoms with Gasteiger partial charge in [0.05, 0.1) is 11.6 Å². The maximum Gasteiger partial charge on any atom is 0.271 e. The highest BCUT2D eigenvalue weighted by molar-refractivity contribution is 6.33. The van der Waals surface area contributed by atoms with Gasteiger partial charge in [-0.2, -0.15) is 0 Å². The molecule has 0 aliphatic carbocycles. The van der Waals surface area contributed by atoms with Crippen molar-refractivity contribution in [3.05, 3.63) is 53.2 Å². The van der Waals surface area contributed by atoms with E-state index >= 15 is 0 Å². The zero-order chi connectivity index (χ0) is 15.1. The fraction of sp³-hybridized carbons (Fsp3) is 0.200. The summed E-state index contributed by atoms with van der Waals surface area (Å²) in [4.78, 5) is 15.8. The van der Waals surface area contributed by atoms with E-state index in [1.807, 2.05) is 30.3 Å². The zero-order valence-corrected chi connectivity index (χ0v) is 12.1. The number of nitrogens with zero attached hydrogens (tertiary/aromatic N) is 1. The first-order valence-electron chi connectivity index (χ1n) is 6.55. The van der Waals surface area contributed by atoms with Gasteiger partial charge in [-0.1, -0.05) is 29.8 Å². The van der Waals surface area contributed by atoms with Crippen molar-refractivity contribution in [3.8, 4) is 5.75 Å². The van der Waals surface area contributed by atoms with Gasteiger partial charge in [0.1, 0.15) is 17.3 Å². The van der Waals surface area contributed by atoms with Crippen LogP contribution >= 0.6 is 11.6 Å². The van der Waals surface area contributed by atoms with E-state index in [4.69, 9.17) is 22.1 Å². The van der Waals surface area contributed by atoms with Crippen LogP contribution in [-0.4, -0.2) is 24.0 Å². The SMILES string of the molecule is Nc1ccc(Cl)c(C(=O)NCCCOc2ccccc2)n1. The number of amides is 1. The first-order chi connectivity index (χ1) is 10.2. The monoisotopic (exact) mass is 305 g/mol. The summed E-state index contributed by atoms with van der Waals surface area (Å²) in [7, 11) is 0. The largest absolute Gasteiger partial charge is 0.494 e. The van der Waals surface area contributed by atoms with Crippen LogP contribution < -0.4 is 15.8 Å². The van der Waals surface area contributed by atoms with E-state index in [-0.39, 0.29) is 22.4 Å². The third kappa shape index (κ3) is 4.65. The molecule has 5 nitrogen and oxygen atoms in total. The van der Waals surface area contributed by atoms with Crippen molar-refractivity contribution in [1.29, 1.82) is 0 Å². The first-order valence-corrected chi connectivity index (χ1v) is 6.92. The molecule has 0 atom stereocenters. The molecule has 0 fully saturated rings. The van der Waals surface area contributed by atoms with Gasteiger partial charge in [0.15, 0.2) is 0 Å². The average molecular weight is 306 g/mol. The summed E-state index contributed by atoms with van der Waals surface area (Å²) >= 11 is 5.91. The van der Waals surface area contributed by atoms with Gasteiger partial charge in [-0.3, -0.25) is 4.79 Å². The summed E-state index contributed by atoms with van der Waals surface area (Å²) < 4.78 is 5.52.